The summed E-state index contributed by atoms with van der Waals surface area (Å²) < 4.78 is 13.6. The quantitative estimate of drug-likeness (QED) is 0.264. The van der Waals surface area contributed by atoms with Crippen LogP contribution in [0.15, 0.2) is 60.7 Å². The summed E-state index contributed by atoms with van der Waals surface area (Å²) in [5, 5.41) is 14.0. The monoisotopic (exact) mass is 530 g/mol. The highest BCUT2D eigenvalue weighted by molar-refractivity contribution is 5.99. The number of piperidine rings is 1. The van der Waals surface area contributed by atoms with Gasteiger partial charge in [0.05, 0.1) is 11.3 Å². The number of amides is 2. The molecule has 8 nitrogen and oxygen atoms in total. The number of likely N-dealkylation sites (tertiary alicyclic amines) is 1. The molecule has 39 heavy (non-hydrogen) atoms. The van der Waals surface area contributed by atoms with Gasteiger partial charge in [0.25, 0.3) is 5.91 Å². The second-order valence-electron chi connectivity index (χ2n) is 9.62. The van der Waals surface area contributed by atoms with E-state index in [2.05, 4.69) is 10.6 Å². The summed E-state index contributed by atoms with van der Waals surface area (Å²) in [6, 6.07) is 17.3. The first-order valence-electron chi connectivity index (χ1n) is 13.4. The number of nitrogens with two attached hydrogens (primary N) is 1. The lowest BCUT2D eigenvalue weighted by molar-refractivity contribution is -0.136. The molecule has 2 amide bonds. The molecule has 1 atom stereocenters. The van der Waals surface area contributed by atoms with E-state index in [-0.39, 0.29) is 23.7 Å². The standard InChI is InChI=1S/C30H35FN6O2/c31-23-8-3-6-21(18-23)14-16-34-29-26(12-13-27(36-29)25-10-2-1-7-22(25)19-33)30(39)35-20-24-9-4-11-28(38)37(24)17-5-15-32/h1-3,6-8,10,12-13,18-19,24,33H,4-5,9,11,14-17,20,32H2,(H,34,36)(H,35,39). The normalized spacial score (nSPS) is 15.2. The third-order valence-corrected chi connectivity index (χ3v) is 6.92. The Labute approximate surface area is 228 Å². The Hall–Kier alpha value is -4.11. The molecule has 4 rings (SSSR count). The van der Waals surface area contributed by atoms with Crippen molar-refractivity contribution in [1.82, 2.24) is 15.2 Å². The van der Waals surface area contributed by atoms with E-state index in [1.165, 1.54) is 18.3 Å². The Morgan fingerprint density at radius 3 is 2.82 bits per heavy atom. The zero-order chi connectivity index (χ0) is 27.6. The summed E-state index contributed by atoms with van der Waals surface area (Å²) in [6.45, 7) is 1.88. The molecule has 1 saturated heterocycles. The van der Waals surface area contributed by atoms with Gasteiger partial charge in [0.2, 0.25) is 5.91 Å². The Balaban J connectivity index is 1.53. The molecule has 0 spiro atoms. The second kappa shape index (κ2) is 13.6. The fraction of sp³-hybridized carbons (Fsp3) is 0.333. The number of carbonyl (C=O) groups is 2. The molecule has 2 aromatic carbocycles. The highest BCUT2D eigenvalue weighted by atomic mass is 19.1. The van der Waals surface area contributed by atoms with Crippen LogP contribution >= 0.6 is 0 Å². The summed E-state index contributed by atoms with van der Waals surface area (Å²) >= 11 is 0. The molecule has 0 saturated carbocycles. The van der Waals surface area contributed by atoms with Crippen molar-refractivity contribution in [3.63, 3.8) is 0 Å². The molecular weight excluding hydrogens is 495 g/mol. The SMILES string of the molecule is N=Cc1ccccc1-c1ccc(C(=O)NCC2CCCC(=O)N2CCCN)c(NCCc2cccc(F)c2)n1. The Bertz CT molecular complexity index is 1310. The predicted molar refractivity (Wildman–Crippen MR) is 152 cm³/mol. The third-order valence-electron chi connectivity index (χ3n) is 6.92. The van der Waals surface area contributed by atoms with Crippen molar-refractivity contribution < 1.29 is 14.0 Å². The number of nitrogens with one attached hydrogen (secondary N) is 3. The Kier molecular flexibility index (Phi) is 9.74. The summed E-state index contributed by atoms with van der Waals surface area (Å²) in [5.74, 6) is -0.0810. The number of halogens is 1. The van der Waals surface area contributed by atoms with Crippen LogP contribution in [0.3, 0.4) is 0 Å². The van der Waals surface area contributed by atoms with E-state index in [1.54, 1.807) is 18.2 Å². The first-order valence-corrected chi connectivity index (χ1v) is 13.4. The van der Waals surface area contributed by atoms with Crippen molar-refractivity contribution in [2.75, 3.05) is 31.5 Å². The van der Waals surface area contributed by atoms with Gasteiger partial charge in [-0.25, -0.2) is 9.37 Å². The van der Waals surface area contributed by atoms with Gasteiger partial charge in [0.1, 0.15) is 11.6 Å². The molecule has 0 bridgehead atoms. The lowest BCUT2D eigenvalue weighted by atomic mass is 10.0. The molecule has 0 radical (unpaired) electrons. The number of benzene rings is 2. The maximum Gasteiger partial charge on any atom is 0.255 e. The van der Waals surface area contributed by atoms with E-state index in [4.69, 9.17) is 16.1 Å². The van der Waals surface area contributed by atoms with E-state index in [0.29, 0.717) is 61.7 Å². The Morgan fingerprint density at radius 1 is 1.18 bits per heavy atom. The van der Waals surface area contributed by atoms with Crippen LogP contribution in [0, 0.1) is 11.2 Å². The van der Waals surface area contributed by atoms with Gasteiger partial charge < -0.3 is 26.7 Å². The number of pyridine rings is 1. The van der Waals surface area contributed by atoms with Gasteiger partial charge in [-0.3, -0.25) is 9.59 Å². The minimum Gasteiger partial charge on any atom is -0.369 e. The van der Waals surface area contributed by atoms with Crippen LogP contribution in [0.1, 0.15) is 47.2 Å². The van der Waals surface area contributed by atoms with E-state index < -0.39 is 0 Å². The zero-order valence-electron chi connectivity index (χ0n) is 22.0. The van der Waals surface area contributed by atoms with Gasteiger partial charge in [0, 0.05) is 49.4 Å². The fourth-order valence-electron chi connectivity index (χ4n) is 4.88. The van der Waals surface area contributed by atoms with Gasteiger partial charge in [-0.15, -0.1) is 0 Å². The molecule has 204 valence electrons. The number of anilines is 1. The molecule has 9 heteroatoms. The van der Waals surface area contributed by atoms with E-state index in [9.17, 15) is 14.0 Å². The molecule has 1 fully saturated rings. The highest BCUT2D eigenvalue weighted by Gasteiger charge is 2.28. The second-order valence-corrected chi connectivity index (χ2v) is 9.62. The van der Waals surface area contributed by atoms with Crippen molar-refractivity contribution in [2.24, 2.45) is 5.73 Å². The molecule has 1 aromatic heterocycles. The van der Waals surface area contributed by atoms with Crippen molar-refractivity contribution in [1.29, 1.82) is 5.41 Å². The summed E-state index contributed by atoms with van der Waals surface area (Å²) in [6.07, 6.45) is 4.69. The van der Waals surface area contributed by atoms with Crippen molar-refractivity contribution in [3.05, 3.63) is 83.2 Å². The number of hydrogen-bond acceptors (Lipinski definition) is 6. The van der Waals surface area contributed by atoms with Gasteiger partial charge in [-0.1, -0.05) is 36.4 Å². The average molecular weight is 531 g/mol. The maximum atomic E-state index is 13.6. The average Bonchev–Trinajstić information content (AvgIpc) is 2.95. The smallest absolute Gasteiger partial charge is 0.255 e. The van der Waals surface area contributed by atoms with Crippen LogP contribution in [0.5, 0.6) is 0 Å². The number of aromatic nitrogens is 1. The summed E-state index contributed by atoms with van der Waals surface area (Å²) in [5.41, 5.74) is 8.99. The first kappa shape index (κ1) is 27.9. The van der Waals surface area contributed by atoms with Crippen molar-refractivity contribution in [3.8, 4) is 11.3 Å². The van der Waals surface area contributed by atoms with E-state index in [0.717, 1.165) is 30.4 Å². The zero-order valence-corrected chi connectivity index (χ0v) is 22.0. The molecule has 3 aromatic rings. The molecular formula is C30H35FN6O2. The minimum absolute atomic E-state index is 0.0714. The van der Waals surface area contributed by atoms with Crippen LogP contribution in [-0.2, 0) is 11.2 Å². The van der Waals surface area contributed by atoms with E-state index in [1.807, 2.05) is 35.2 Å². The maximum absolute atomic E-state index is 13.6. The molecule has 5 N–H and O–H groups in total. The van der Waals surface area contributed by atoms with Gasteiger partial charge in [-0.05, 0) is 62.1 Å². The number of carbonyl (C=O) groups excluding carboxylic acids is 2. The summed E-state index contributed by atoms with van der Waals surface area (Å²) in [7, 11) is 0. The lowest BCUT2D eigenvalue weighted by Crippen LogP contribution is -2.50. The minimum atomic E-state index is -0.294. The van der Waals surface area contributed by atoms with Gasteiger partial charge in [0.15, 0.2) is 0 Å². The molecule has 1 aliphatic rings. The van der Waals surface area contributed by atoms with Gasteiger partial charge in [-0.2, -0.15) is 0 Å². The van der Waals surface area contributed by atoms with Crippen LogP contribution in [0.25, 0.3) is 11.3 Å². The van der Waals surface area contributed by atoms with Crippen LogP contribution in [0.2, 0.25) is 0 Å². The largest absolute Gasteiger partial charge is 0.369 e. The van der Waals surface area contributed by atoms with Crippen molar-refractivity contribution >= 4 is 23.8 Å². The molecule has 1 unspecified atom stereocenters. The van der Waals surface area contributed by atoms with E-state index >= 15 is 0 Å². The molecule has 0 aliphatic carbocycles. The predicted octanol–water partition coefficient (Wildman–Crippen LogP) is 4.00. The third kappa shape index (κ3) is 7.26. The topological polar surface area (TPSA) is 124 Å². The van der Waals surface area contributed by atoms with Crippen LogP contribution < -0.4 is 16.4 Å². The van der Waals surface area contributed by atoms with Crippen LogP contribution in [-0.4, -0.2) is 60.1 Å². The fourth-order valence-corrected chi connectivity index (χ4v) is 4.88. The van der Waals surface area contributed by atoms with Crippen molar-refractivity contribution in [2.45, 2.75) is 38.1 Å². The Morgan fingerprint density at radius 2 is 2.03 bits per heavy atom. The lowest BCUT2D eigenvalue weighted by Gasteiger charge is -2.35. The molecule has 2 heterocycles. The number of rotatable bonds is 12. The number of nitrogens with zero attached hydrogens (tertiary/aromatic N) is 2. The summed E-state index contributed by atoms with van der Waals surface area (Å²) in [4.78, 5) is 32.4. The first-order chi connectivity index (χ1) is 19.0. The highest BCUT2D eigenvalue weighted by Crippen LogP contribution is 2.25. The number of hydrogen-bond donors (Lipinski definition) is 4. The van der Waals surface area contributed by atoms with Crippen LogP contribution in [0.4, 0.5) is 10.2 Å². The molecule has 1 aliphatic heterocycles. The van der Waals surface area contributed by atoms with Gasteiger partial charge >= 0.3 is 0 Å².